The minimum absolute atomic E-state index is 0.0661. The van der Waals surface area contributed by atoms with E-state index in [1.165, 1.54) is 12.1 Å². The average Bonchev–Trinajstić information content (AvgIpc) is 2.47. The number of carbonyl (C=O) groups excluding carboxylic acids is 1. The molecule has 0 saturated carbocycles. The average molecular weight is 311 g/mol. The van der Waals surface area contributed by atoms with Crippen molar-refractivity contribution in [3.8, 4) is 0 Å². The molecule has 0 aromatic heterocycles. The lowest BCUT2D eigenvalue weighted by Crippen LogP contribution is -2.21. The molecule has 7 heteroatoms. The fourth-order valence-corrected chi connectivity index (χ4v) is 2.05. The van der Waals surface area contributed by atoms with Crippen molar-refractivity contribution in [3.63, 3.8) is 0 Å². The van der Waals surface area contributed by atoms with E-state index in [9.17, 15) is 14.9 Å². The molecule has 2 rings (SSSR count). The van der Waals surface area contributed by atoms with Gasteiger partial charge in [0.1, 0.15) is 0 Å². The van der Waals surface area contributed by atoms with Crippen molar-refractivity contribution < 1.29 is 9.72 Å². The fraction of sp³-hybridized carbons (Fsp3) is 0. The molecular formula is C13H8Cl2N2O3. The zero-order valence-electron chi connectivity index (χ0n) is 9.99. The largest absolute Gasteiger partial charge is 0.272 e. The van der Waals surface area contributed by atoms with Gasteiger partial charge in [-0.05, 0) is 18.2 Å². The number of carbonyl (C=O) groups is 1. The highest BCUT2D eigenvalue weighted by Gasteiger charge is 2.20. The standard InChI is InChI=1S/C13H8Cl2N2O3/c14-11-7-6-10(17(19)20)8-12(11)16(15)13(18)9-4-2-1-3-5-9/h1-8H. The monoisotopic (exact) mass is 310 g/mol. The third kappa shape index (κ3) is 2.89. The van der Waals surface area contributed by atoms with E-state index in [0.29, 0.717) is 5.56 Å². The Kier molecular flexibility index (Phi) is 4.22. The van der Waals surface area contributed by atoms with Crippen molar-refractivity contribution >= 4 is 40.7 Å². The molecule has 20 heavy (non-hydrogen) atoms. The second kappa shape index (κ2) is 5.90. The normalized spacial score (nSPS) is 10.1. The van der Waals surface area contributed by atoms with Gasteiger partial charge in [-0.3, -0.25) is 14.9 Å². The number of hydrogen-bond donors (Lipinski definition) is 0. The van der Waals surface area contributed by atoms with Crippen LogP contribution in [0.3, 0.4) is 0 Å². The first-order valence-electron chi connectivity index (χ1n) is 5.50. The van der Waals surface area contributed by atoms with Crippen LogP contribution < -0.4 is 4.42 Å². The number of benzene rings is 2. The highest BCUT2D eigenvalue weighted by atomic mass is 35.5. The van der Waals surface area contributed by atoms with Crippen LogP contribution in [0.25, 0.3) is 0 Å². The number of hydrogen-bond acceptors (Lipinski definition) is 3. The van der Waals surface area contributed by atoms with Gasteiger partial charge in [0.05, 0.1) is 15.6 Å². The van der Waals surface area contributed by atoms with Gasteiger partial charge in [0, 0.05) is 29.5 Å². The van der Waals surface area contributed by atoms with Crippen LogP contribution in [0.4, 0.5) is 11.4 Å². The second-order valence-electron chi connectivity index (χ2n) is 3.84. The third-order valence-electron chi connectivity index (χ3n) is 2.55. The zero-order chi connectivity index (χ0) is 14.7. The Morgan fingerprint density at radius 3 is 2.40 bits per heavy atom. The van der Waals surface area contributed by atoms with Crippen molar-refractivity contribution in [2.45, 2.75) is 0 Å². The van der Waals surface area contributed by atoms with E-state index in [1.54, 1.807) is 30.3 Å². The summed E-state index contributed by atoms with van der Waals surface area (Å²) in [6.45, 7) is 0. The molecule has 0 aliphatic rings. The minimum atomic E-state index is -0.586. The van der Waals surface area contributed by atoms with E-state index in [0.717, 1.165) is 10.5 Å². The summed E-state index contributed by atoms with van der Waals surface area (Å²) < 4.78 is 0.769. The fourth-order valence-electron chi connectivity index (χ4n) is 1.57. The Bertz CT molecular complexity index is 662. The van der Waals surface area contributed by atoms with Crippen LogP contribution in [0.5, 0.6) is 0 Å². The van der Waals surface area contributed by atoms with E-state index >= 15 is 0 Å². The van der Waals surface area contributed by atoms with Gasteiger partial charge < -0.3 is 0 Å². The predicted molar refractivity (Wildman–Crippen MR) is 77.2 cm³/mol. The number of nitrogens with zero attached hydrogens (tertiary/aromatic N) is 2. The van der Waals surface area contributed by atoms with Gasteiger partial charge in [0.25, 0.3) is 11.6 Å². The molecule has 5 nitrogen and oxygen atoms in total. The van der Waals surface area contributed by atoms with Gasteiger partial charge in [-0.25, -0.2) is 4.42 Å². The zero-order valence-corrected chi connectivity index (χ0v) is 11.5. The van der Waals surface area contributed by atoms with Crippen molar-refractivity contribution in [2.24, 2.45) is 0 Å². The van der Waals surface area contributed by atoms with Crippen molar-refractivity contribution in [1.29, 1.82) is 0 Å². The lowest BCUT2D eigenvalue weighted by molar-refractivity contribution is -0.384. The van der Waals surface area contributed by atoms with Crippen LogP contribution in [-0.4, -0.2) is 10.8 Å². The Morgan fingerprint density at radius 2 is 1.80 bits per heavy atom. The first-order chi connectivity index (χ1) is 9.50. The van der Waals surface area contributed by atoms with Crippen LogP contribution in [0.1, 0.15) is 10.4 Å². The van der Waals surface area contributed by atoms with Crippen molar-refractivity contribution in [1.82, 2.24) is 0 Å². The molecule has 102 valence electrons. The molecule has 0 unspecified atom stereocenters. The lowest BCUT2D eigenvalue weighted by Gasteiger charge is -2.15. The molecule has 2 aromatic carbocycles. The van der Waals surface area contributed by atoms with Crippen LogP contribution in [-0.2, 0) is 0 Å². The molecular weight excluding hydrogens is 303 g/mol. The van der Waals surface area contributed by atoms with Crippen LogP contribution in [0.2, 0.25) is 5.02 Å². The predicted octanol–water partition coefficient (Wildman–Crippen LogP) is 4.05. The number of nitro benzene ring substituents is 1. The number of anilines is 1. The minimum Gasteiger partial charge on any atom is -0.267 e. The molecule has 2 aromatic rings. The molecule has 0 radical (unpaired) electrons. The summed E-state index contributed by atoms with van der Waals surface area (Å²) in [6, 6.07) is 12.0. The summed E-state index contributed by atoms with van der Waals surface area (Å²) in [5.41, 5.74) is 0.220. The van der Waals surface area contributed by atoms with E-state index in [2.05, 4.69) is 0 Å². The molecule has 0 saturated heterocycles. The highest BCUT2D eigenvalue weighted by molar-refractivity contribution is 6.43. The van der Waals surface area contributed by atoms with Gasteiger partial charge in [-0.1, -0.05) is 29.8 Å². The first-order valence-corrected chi connectivity index (χ1v) is 6.21. The second-order valence-corrected chi connectivity index (χ2v) is 4.59. The molecule has 0 N–H and O–H groups in total. The number of halogens is 2. The van der Waals surface area contributed by atoms with Gasteiger partial charge >= 0.3 is 0 Å². The molecule has 0 aliphatic carbocycles. The van der Waals surface area contributed by atoms with Crippen LogP contribution >= 0.6 is 23.4 Å². The van der Waals surface area contributed by atoms with E-state index in [1.807, 2.05) is 0 Å². The molecule has 0 spiro atoms. The molecule has 1 amide bonds. The molecule has 0 bridgehead atoms. The van der Waals surface area contributed by atoms with E-state index < -0.39 is 10.8 Å². The Labute approximate surface area is 124 Å². The summed E-state index contributed by atoms with van der Waals surface area (Å²) in [7, 11) is 0. The van der Waals surface area contributed by atoms with E-state index in [-0.39, 0.29) is 16.4 Å². The first kappa shape index (κ1) is 14.3. The summed E-state index contributed by atoms with van der Waals surface area (Å²) in [6.07, 6.45) is 0. The van der Waals surface area contributed by atoms with Crippen LogP contribution in [0.15, 0.2) is 48.5 Å². The quantitative estimate of drug-likeness (QED) is 0.488. The summed E-state index contributed by atoms with van der Waals surface area (Å²) in [4.78, 5) is 22.3. The molecule has 0 atom stereocenters. The summed E-state index contributed by atoms with van der Waals surface area (Å²) >= 11 is 11.9. The Hall–Kier alpha value is -2.11. The van der Waals surface area contributed by atoms with Gasteiger partial charge in [0.15, 0.2) is 0 Å². The van der Waals surface area contributed by atoms with Gasteiger partial charge in [-0.2, -0.15) is 0 Å². The summed E-state index contributed by atoms with van der Waals surface area (Å²) in [5.74, 6) is -0.519. The highest BCUT2D eigenvalue weighted by Crippen LogP contribution is 2.32. The topological polar surface area (TPSA) is 63.5 Å². The van der Waals surface area contributed by atoms with Crippen molar-refractivity contribution in [3.05, 3.63) is 69.2 Å². The number of nitro groups is 1. The number of amides is 1. The smallest absolute Gasteiger partial charge is 0.267 e. The molecule has 0 fully saturated rings. The molecule has 0 aliphatic heterocycles. The Balaban J connectivity index is 2.38. The SMILES string of the molecule is O=C(c1ccccc1)N(Cl)c1cc([N+](=O)[O-])ccc1Cl. The third-order valence-corrected chi connectivity index (χ3v) is 3.21. The maximum Gasteiger partial charge on any atom is 0.272 e. The Morgan fingerprint density at radius 1 is 1.15 bits per heavy atom. The number of non-ortho nitro benzene ring substituents is 1. The maximum atomic E-state index is 12.1. The summed E-state index contributed by atoms with van der Waals surface area (Å²) in [5, 5.41) is 10.9. The maximum absolute atomic E-state index is 12.1. The van der Waals surface area contributed by atoms with Gasteiger partial charge in [0.2, 0.25) is 0 Å². The van der Waals surface area contributed by atoms with Gasteiger partial charge in [-0.15, -0.1) is 0 Å². The lowest BCUT2D eigenvalue weighted by atomic mass is 10.2. The molecule has 0 heterocycles. The number of rotatable bonds is 3. The van der Waals surface area contributed by atoms with Crippen molar-refractivity contribution in [2.75, 3.05) is 4.42 Å². The van der Waals surface area contributed by atoms with E-state index in [4.69, 9.17) is 23.4 Å². The van der Waals surface area contributed by atoms with Crippen LogP contribution in [0, 0.1) is 10.1 Å².